The Balaban J connectivity index is 2.57. The minimum atomic E-state index is -0.880. The summed E-state index contributed by atoms with van der Waals surface area (Å²) in [6.07, 6.45) is -1.06. The first kappa shape index (κ1) is 13.3. The lowest BCUT2D eigenvalue weighted by Crippen LogP contribution is -2.27. The fourth-order valence-corrected chi connectivity index (χ4v) is 1.46. The van der Waals surface area contributed by atoms with Crippen LogP contribution in [-0.2, 0) is 11.2 Å². The van der Waals surface area contributed by atoms with Crippen molar-refractivity contribution in [2.45, 2.75) is 19.4 Å². The summed E-state index contributed by atoms with van der Waals surface area (Å²) in [5.41, 5.74) is 5.83. The normalized spacial score (nSPS) is 11.9. The Labute approximate surface area is 100 Å². The molecule has 1 aromatic carbocycles. The monoisotopic (exact) mass is 239 g/mol. The fraction of sp³-hybridized carbons (Fsp3) is 0.417. The highest BCUT2D eigenvalue weighted by Gasteiger charge is 2.12. The van der Waals surface area contributed by atoms with Gasteiger partial charge in [-0.1, -0.05) is 12.1 Å². The zero-order valence-corrected chi connectivity index (χ0v) is 9.76. The predicted octanol–water partition coefficient (Wildman–Crippen LogP) is 1.08. The van der Waals surface area contributed by atoms with Gasteiger partial charge in [-0.3, -0.25) is 0 Å². The van der Waals surface area contributed by atoms with E-state index in [4.69, 9.17) is 20.3 Å². The van der Waals surface area contributed by atoms with E-state index in [9.17, 15) is 4.79 Å². The Morgan fingerprint density at radius 2 is 2.06 bits per heavy atom. The molecule has 0 fully saturated rings. The number of hydrogen-bond donors (Lipinski definition) is 2. The standard InChI is InChI=1S/C12H17NO4/c1-2-16-10-5-3-9(4-6-10)7-11(8-14)17-12(13)15/h3-6,11,14H,2,7-8H2,1H3,(H2,13,15). The van der Waals surface area contributed by atoms with E-state index in [0.29, 0.717) is 13.0 Å². The number of nitrogens with two attached hydrogens (primary N) is 1. The van der Waals surface area contributed by atoms with Crippen LogP contribution in [0.2, 0.25) is 0 Å². The Hall–Kier alpha value is -1.75. The number of hydrogen-bond acceptors (Lipinski definition) is 4. The van der Waals surface area contributed by atoms with Gasteiger partial charge in [0.15, 0.2) is 0 Å². The van der Waals surface area contributed by atoms with Gasteiger partial charge in [0.05, 0.1) is 13.2 Å². The average molecular weight is 239 g/mol. The second kappa shape index (κ2) is 6.75. The molecule has 0 saturated carbocycles. The molecule has 5 heteroatoms. The summed E-state index contributed by atoms with van der Waals surface area (Å²) >= 11 is 0. The van der Waals surface area contributed by atoms with Crippen LogP contribution >= 0.6 is 0 Å². The molecule has 5 nitrogen and oxygen atoms in total. The van der Waals surface area contributed by atoms with Crippen molar-refractivity contribution < 1.29 is 19.4 Å². The van der Waals surface area contributed by atoms with Crippen LogP contribution < -0.4 is 10.5 Å². The Kier molecular flexibility index (Phi) is 5.29. The van der Waals surface area contributed by atoms with Crippen LogP contribution in [0.1, 0.15) is 12.5 Å². The molecule has 0 spiro atoms. The van der Waals surface area contributed by atoms with Crippen LogP contribution in [0.15, 0.2) is 24.3 Å². The third kappa shape index (κ3) is 4.74. The molecule has 0 bridgehead atoms. The molecule has 1 aromatic rings. The fourth-order valence-electron chi connectivity index (χ4n) is 1.46. The van der Waals surface area contributed by atoms with Crippen molar-refractivity contribution in [2.75, 3.05) is 13.2 Å². The van der Waals surface area contributed by atoms with Gasteiger partial charge in [-0.2, -0.15) is 0 Å². The summed E-state index contributed by atoms with van der Waals surface area (Å²) in [5, 5.41) is 9.02. The topological polar surface area (TPSA) is 81.8 Å². The zero-order valence-electron chi connectivity index (χ0n) is 9.76. The van der Waals surface area contributed by atoms with E-state index in [1.807, 2.05) is 31.2 Å². The number of ether oxygens (including phenoxy) is 2. The lowest BCUT2D eigenvalue weighted by atomic mass is 10.1. The highest BCUT2D eigenvalue weighted by Crippen LogP contribution is 2.14. The van der Waals surface area contributed by atoms with Gasteiger partial charge in [-0.25, -0.2) is 4.79 Å². The molecule has 0 aliphatic carbocycles. The lowest BCUT2D eigenvalue weighted by molar-refractivity contribution is 0.0639. The number of carbonyl (C=O) groups excluding carboxylic acids is 1. The minimum Gasteiger partial charge on any atom is -0.494 e. The molecule has 1 atom stereocenters. The first-order valence-electron chi connectivity index (χ1n) is 5.44. The average Bonchev–Trinajstić information content (AvgIpc) is 2.30. The molecule has 17 heavy (non-hydrogen) atoms. The third-order valence-corrected chi connectivity index (χ3v) is 2.18. The van der Waals surface area contributed by atoms with Gasteiger partial charge in [-0.05, 0) is 24.6 Å². The summed E-state index contributed by atoms with van der Waals surface area (Å²) in [4.78, 5) is 10.6. The predicted molar refractivity (Wildman–Crippen MR) is 62.9 cm³/mol. The van der Waals surface area contributed by atoms with Crippen LogP contribution in [0.25, 0.3) is 0 Å². The van der Waals surface area contributed by atoms with E-state index in [1.54, 1.807) is 0 Å². The van der Waals surface area contributed by atoms with E-state index in [0.717, 1.165) is 11.3 Å². The van der Waals surface area contributed by atoms with E-state index in [-0.39, 0.29) is 6.61 Å². The summed E-state index contributed by atoms with van der Waals surface area (Å²) in [5.74, 6) is 0.785. The SMILES string of the molecule is CCOc1ccc(CC(CO)OC(N)=O)cc1. The molecule has 1 rings (SSSR count). The Morgan fingerprint density at radius 3 is 2.53 bits per heavy atom. The maximum absolute atomic E-state index is 10.6. The van der Waals surface area contributed by atoms with Gasteiger partial charge < -0.3 is 20.3 Å². The van der Waals surface area contributed by atoms with Gasteiger partial charge in [0.1, 0.15) is 11.9 Å². The van der Waals surface area contributed by atoms with E-state index in [1.165, 1.54) is 0 Å². The smallest absolute Gasteiger partial charge is 0.404 e. The van der Waals surface area contributed by atoms with Gasteiger partial charge in [0.25, 0.3) is 0 Å². The molecule has 0 aliphatic rings. The second-order valence-corrected chi connectivity index (χ2v) is 3.52. The van der Waals surface area contributed by atoms with Crippen LogP contribution in [-0.4, -0.2) is 30.5 Å². The zero-order chi connectivity index (χ0) is 12.7. The lowest BCUT2D eigenvalue weighted by Gasteiger charge is -2.14. The Morgan fingerprint density at radius 1 is 1.41 bits per heavy atom. The molecule has 0 aromatic heterocycles. The van der Waals surface area contributed by atoms with E-state index < -0.39 is 12.2 Å². The maximum atomic E-state index is 10.6. The van der Waals surface area contributed by atoms with E-state index >= 15 is 0 Å². The summed E-state index contributed by atoms with van der Waals surface area (Å²) < 4.78 is 10.0. The molecule has 1 amide bonds. The number of benzene rings is 1. The number of rotatable bonds is 6. The van der Waals surface area contributed by atoms with Gasteiger partial charge in [0, 0.05) is 6.42 Å². The van der Waals surface area contributed by atoms with Gasteiger partial charge >= 0.3 is 6.09 Å². The molecule has 0 saturated heterocycles. The van der Waals surface area contributed by atoms with Crippen molar-refractivity contribution in [3.8, 4) is 5.75 Å². The molecule has 0 radical (unpaired) electrons. The van der Waals surface area contributed by atoms with Crippen LogP contribution in [0, 0.1) is 0 Å². The number of aliphatic hydroxyl groups excluding tert-OH is 1. The highest BCUT2D eigenvalue weighted by atomic mass is 16.6. The van der Waals surface area contributed by atoms with E-state index in [2.05, 4.69) is 0 Å². The molecule has 1 unspecified atom stereocenters. The van der Waals surface area contributed by atoms with Gasteiger partial charge in [-0.15, -0.1) is 0 Å². The number of aliphatic hydroxyl groups is 1. The van der Waals surface area contributed by atoms with Crippen LogP contribution in [0.3, 0.4) is 0 Å². The first-order chi connectivity index (χ1) is 8.15. The minimum absolute atomic E-state index is 0.254. The van der Waals surface area contributed by atoms with Crippen molar-refractivity contribution >= 4 is 6.09 Å². The summed E-state index contributed by atoms with van der Waals surface area (Å²) in [6.45, 7) is 2.27. The van der Waals surface area contributed by atoms with Gasteiger partial charge in [0.2, 0.25) is 0 Å². The van der Waals surface area contributed by atoms with Crippen molar-refractivity contribution in [3.05, 3.63) is 29.8 Å². The first-order valence-corrected chi connectivity index (χ1v) is 5.44. The number of primary amides is 1. The maximum Gasteiger partial charge on any atom is 0.404 e. The number of amides is 1. The molecule has 0 heterocycles. The van der Waals surface area contributed by atoms with Crippen molar-refractivity contribution in [3.63, 3.8) is 0 Å². The quantitative estimate of drug-likeness (QED) is 0.778. The molecule has 94 valence electrons. The second-order valence-electron chi connectivity index (χ2n) is 3.52. The Bertz CT molecular complexity index is 350. The molecular formula is C12H17NO4. The van der Waals surface area contributed by atoms with Crippen LogP contribution in [0.5, 0.6) is 5.75 Å². The number of carbonyl (C=O) groups is 1. The van der Waals surface area contributed by atoms with Crippen molar-refractivity contribution in [1.82, 2.24) is 0 Å². The summed E-state index contributed by atoms with van der Waals surface area (Å²) in [7, 11) is 0. The molecule has 0 aliphatic heterocycles. The molecule has 3 N–H and O–H groups in total. The third-order valence-electron chi connectivity index (χ3n) is 2.18. The van der Waals surface area contributed by atoms with Crippen molar-refractivity contribution in [2.24, 2.45) is 5.73 Å². The largest absolute Gasteiger partial charge is 0.494 e. The summed E-state index contributed by atoms with van der Waals surface area (Å²) in [6, 6.07) is 7.38. The molecular weight excluding hydrogens is 222 g/mol. The highest BCUT2D eigenvalue weighted by molar-refractivity contribution is 5.64. The van der Waals surface area contributed by atoms with Crippen LogP contribution in [0.4, 0.5) is 4.79 Å². The van der Waals surface area contributed by atoms with Crippen molar-refractivity contribution in [1.29, 1.82) is 0 Å².